The highest BCUT2D eigenvalue weighted by atomic mass is 32.2. The van der Waals surface area contributed by atoms with E-state index in [4.69, 9.17) is 10.5 Å². The molecule has 0 spiro atoms. The molecule has 0 aliphatic carbocycles. The van der Waals surface area contributed by atoms with Crippen molar-refractivity contribution in [1.82, 2.24) is 0 Å². The molecule has 0 saturated carbocycles. The number of methoxy groups -OCH3 is 1. The molecular weight excluding hydrogens is 410 g/mol. The van der Waals surface area contributed by atoms with Gasteiger partial charge in [-0.2, -0.15) is 11.3 Å². The van der Waals surface area contributed by atoms with Gasteiger partial charge in [-0.05, 0) is 52.2 Å². The average Bonchev–Trinajstić information content (AvgIpc) is 3.26. The molecule has 1 aromatic heterocycles. The molecule has 0 aliphatic heterocycles. The summed E-state index contributed by atoms with van der Waals surface area (Å²) in [7, 11) is -2.77. The molecule has 0 radical (unpaired) electrons. The normalized spacial score (nSPS) is 14.7. The lowest BCUT2D eigenvalue weighted by Gasteiger charge is -2.29. The zero-order valence-electron chi connectivity index (χ0n) is 15.6. The minimum absolute atomic E-state index is 0.0915. The number of rotatable bonds is 8. The third-order valence-corrected chi connectivity index (χ3v) is 7.59. The van der Waals surface area contributed by atoms with Crippen molar-refractivity contribution in [2.75, 3.05) is 7.11 Å². The number of hydrogen-bond acceptors (Lipinski definition) is 6. The van der Waals surface area contributed by atoms with Gasteiger partial charge in [-0.1, -0.05) is 30.3 Å². The van der Waals surface area contributed by atoms with E-state index < -0.39 is 33.0 Å². The Bertz CT molecular complexity index is 1050. The maximum atomic E-state index is 13.4. The molecule has 152 valence electrons. The molecule has 3 atom stereocenters. The molecule has 3 rings (SSSR count). The molecule has 0 amide bonds. The first-order valence-corrected chi connectivity index (χ1v) is 11.3. The number of ether oxygens (including phenoxy) is 1. The molecule has 3 N–H and O–H groups in total. The summed E-state index contributed by atoms with van der Waals surface area (Å²) in [5.41, 5.74) is 7.69. The predicted molar refractivity (Wildman–Crippen MR) is 112 cm³/mol. The van der Waals surface area contributed by atoms with Crippen molar-refractivity contribution in [3.05, 3.63) is 82.6 Å². The molecule has 0 fully saturated rings. The van der Waals surface area contributed by atoms with Gasteiger partial charge in [0.25, 0.3) is 0 Å². The van der Waals surface area contributed by atoms with Crippen molar-refractivity contribution < 1.29 is 23.1 Å². The Kier molecular flexibility index (Phi) is 6.36. The van der Waals surface area contributed by atoms with E-state index in [9.17, 15) is 18.3 Å². The lowest BCUT2D eigenvalue weighted by Crippen LogP contribution is -2.41. The van der Waals surface area contributed by atoms with Crippen LogP contribution < -0.4 is 10.5 Å². The van der Waals surface area contributed by atoms with Crippen molar-refractivity contribution in [3.8, 4) is 5.75 Å². The summed E-state index contributed by atoms with van der Waals surface area (Å²) < 4.78 is 31.8. The van der Waals surface area contributed by atoms with Gasteiger partial charge in [-0.15, -0.1) is 0 Å². The van der Waals surface area contributed by atoms with E-state index in [0.717, 1.165) is 0 Å². The van der Waals surface area contributed by atoms with E-state index in [0.29, 0.717) is 16.9 Å². The summed E-state index contributed by atoms with van der Waals surface area (Å²) in [6, 6.07) is 15.5. The molecule has 0 saturated heterocycles. The monoisotopic (exact) mass is 431 g/mol. The molecule has 3 aromatic rings. The Labute approximate surface area is 173 Å². The fraction of sp³-hybridized carbons (Fsp3) is 0.190. The number of benzene rings is 2. The minimum atomic E-state index is -4.23. The molecule has 0 bridgehead atoms. The van der Waals surface area contributed by atoms with Crippen molar-refractivity contribution >= 4 is 27.1 Å². The highest BCUT2D eigenvalue weighted by Gasteiger charge is 2.44. The summed E-state index contributed by atoms with van der Waals surface area (Å²) in [5, 5.41) is 11.8. The number of carbonyl (C=O) groups is 1. The fourth-order valence-corrected chi connectivity index (χ4v) is 5.80. The maximum Gasteiger partial charge on any atom is 0.322 e. The summed E-state index contributed by atoms with van der Waals surface area (Å²) in [4.78, 5) is 12.2. The Morgan fingerprint density at radius 1 is 1.03 bits per heavy atom. The Morgan fingerprint density at radius 3 is 2.21 bits per heavy atom. The van der Waals surface area contributed by atoms with Crippen LogP contribution in [0.1, 0.15) is 23.1 Å². The Hall–Kier alpha value is -2.68. The highest BCUT2D eigenvalue weighted by Crippen LogP contribution is 2.38. The smallest absolute Gasteiger partial charge is 0.322 e. The van der Waals surface area contributed by atoms with Crippen LogP contribution in [-0.4, -0.2) is 31.9 Å². The zero-order valence-corrected chi connectivity index (χ0v) is 17.3. The van der Waals surface area contributed by atoms with Crippen molar-refractivity contribution in [2.24, 2.45) is 5.73 Å². The first-order valence-electron chi connectivity index (χ1n) is 8.79. The first-order chi connectivity index (χ1) is 13.9. The van der Waals surface area contributed by atoms with Crippen LogP contribution in [0.5, 0.6) is 5.75 Å². The van der Waals surface area contributed by atoms with E-state index >= 15 is 0 Å². The number of nitrogens with two attached hydrogens (primary N) is 1. The standard InChI is InChI=1S/C21H21NO5S2/c1-27-16-7-9-17(10-8-16)29(25,26)20(21(23)24)18(15-11-12-28-13-15)19(22)14-5-3-2-4-6-14/h2-13,18-20H,22H2,1H3,(H,23,24). The summed E-state index contributed by atoms with van der Waals surface area (Å²) in [6.45, 7) is 0. The first kappa shape index (κ1) is 21.0. The second-order valence-corrected chi connectivity index (χ2v) is 9.35. The zero-order chi connectivity index (χ0) is 21.0. The number of carboxylic acids is 1. The van der Waals surface area contributed by atoms with Crippen LogP contribution in [0, 0.1) is 0 Å². The number of aliphatic carboxylic acids is 1. The lowest BCUT2D eigenvalue weighted by atomic mass is 9.86. The SMILES string of the molecule is COc1ccc(S(=O)(=O)C(C(=O)O)C(c2ccsc2)C(N)c2ccccc2)cc1. The van der Waals surface area contributed by atoms with Crippen LogP contribution in [0.15, 0.2) is 76.3 Å². The number of hydrogen-bond donors (Lipinski definition) is 2. The van der Waals surface area contributed by atoms with Gasteiger partial charge in [-0.25, -0.2) is 8.42 Å². The van der Waals surface area contributed by atoms with Crippen molar-refractivity contribution in [3.63, 3.8) is 0 Å². The minimum Gasteiger partial charge on any atom is -0.497 e. The van der Waals surface area contributed by atoms with Crippen molar-refractivity contribution in [1.29, 1.82) is 0 Å². The topological polar surface area (TPSA) is 107 Å². The molecule has 0 aliphatic rings. The van der Waals surface area contributed by atoms with Crippen LogP contribution in [0.25, 0.3) is 0 Å². The largest absolute Gasteiger partial charge is 0.497 e. The average molecular weight is 432 g/mol. The van der Waals surface area contributed by atoms with Crippen LogP contribution in [0.2, 0.25) is 0 Å². The molecule has 6 nitrogen and oxygen atoms in total. The molecule has 29 heavy (non-hydrogen) atoms. The van der Waals surface area contributed by atoms with Gasteiger partial charge >= 0.3 is 5.97 Å². The lowest BCUT2D eigenvalue weighted by molar-refractivity contribution is -0.137. The quantitative estimate of drug-likeness (QED) is 0.566. The van der Waals surface area contributed by atoms with Crippen LogP contribution >= 0.6 is 11.3 Å². The number of thiophene rings is 1. The fourth-order valence-electron chi connectivity index (χ4n) is 3.31. The molecule has 1 heterocycles. The van der Waals surface area contributed by atoms with Gasteiger partial charge in [-0.3, -0.25) is 4.79 Å². The molecule has 3 unspecified atom stereocenters. The van der Waals surface area contributed by atoms with Gasteiger partial charge in [0.2, 0.25) is 0 Å². The van der Waals surface area contributed by atoms with E-state index in [1.165, 1.54) is 42.7 Å². The van der Waals surface area contributed by atoms with Gasteiger partial charge in [0.05, 0.1) is 12.0 Å². The van der Waals surface area contributed by atoms with Crippen LogP contribution in [0.4, 0.5) is 0 Å². The van der Waals surface area contributed by atoms with Gasteiger partial charge in [0.1, 0.15) is 5.75 Å². The summed E-state index contributed by atoms with van der Waals surface area (Å²) in [5.74, 6) is -1.93. The number of sulfone groups is 1. The van der Waals surface area contributed by atoms with E-state index in [-0.39, 0.29) is 4.90 Å². The Morgan fingerprint density at radius 2 is 1.69 bits per heavy atom. The highest BCUT2D eigenvalue weighted by molar-refractivity contribution is 7.92. The number of carboxylic acid groups (broad SMARTS) is 1. The maximum absolute atomic E-state index is 13.4. The molecular formula is C21H21NO5S2. The van der Waals surface area contributed by atoms with E-state index in [1.807, 2.05) is 6.07 Å². The third-order valence-electron chi connectivity index (χ3n) is 4.79. The molecule has 8 heteroatoms. The van der Waals surface area contributed by atoms with Gasteiger partial charge < -0.3 is 15.6 Å². The summed E-state index contributed by atoms with van der Waals surface area (Å²) in [6.07, 6.45) is 0. The predicted octanol–water partition coefficient (Wildman–Crippen LogP) is 3.47. The van der Waals surface area contributed by atoms with E-state index in [1.54, 1.807) is 41.1 Å². The molecule has 2 aromatic carbocycles. The van der Waals surface area contributed by atoms with Gasteiger partial charge in [0, 0.05) is 12.0 Å². The van der Waals surface area contributed by atoms with Gasteiger partial charge in [0.15, 0.2) is 15.1 Å². The van der Waals surface area contributed by atoms with Crippen LogP contribution in [0.3, 0.4) is 0 Å². The second kappa shape index (κ2) is 8.77. The van der Waals surface area contributed by atoms with E-state index in [2.05, 4.69) is 0 Å². The summed E-state index contributed by atoms with van der Waals surface area (Å²) >= 11 is 1.36. The second-order valence-electron chi connectivity index (χ2n) is 6.50. The van der Waals surface area contributed by atoms with Crippen molar-refractivity contribution in [2.45, 2.75) is 22.1 Å². The third kappa shape index (κ3) is 4.34. The Balaban J connectivity index is 2.12. The van der Waals surface area contributed by atoms with Crippen LogP contribution in [-0.2, 0) is 14.6 Å².